The second-order valence-corrected chi connectivity index (χ2v) is 5.94. The van der Waals surface area contributed by atoms with Gasteiger partial charge in [-0.1, -0.05) is 11.6 Å². The number of rotatable bonds is 3. The van der Waals surface area contributed by atoms with Crippen molar-refractivity contribution in [1.82, 2.24) is 9.97 Å². The van der Waals surface area contributed by atoms with Crippen LogP contribution in [0.15, 0.2) is 19.4 Å². The van der Waals surface area contributed by atoms with E-state index >= 15 is 0 Å². The van der Waals surface area contributed by atoms with Gasteiger partial charge in [-0.2, -0.15) is 0 Å². The van der Waals surface area contributed by atoms with Crippen molar-refractivity contribution >= 4 is 52.0 Å². The smallest absolute Gasteiger partial charge is 0.355 e. The van der Waals surface area contributed by atoms with Crippen LogP contribution in [0.3, 0.4) is 0 Å². The molecule has 0 saturated carbocycles. The Morgan fingerprint density at radius 3 is 2.53 bits per heavy atom. The molecule has 0 unspecified atom stereocenters. The molecule has 0 atom stereocenters. The van der Waals surface area contributed by atoms with E-state index < -0.39 is 5.97 Å². The second kappa shape index (κ2) is 4.48. The maximum absolute atomic E-state index is 10.6. The van der Waals surface area contributed by atoms with Gasteiger partial charge in [0, 0.05) is 10.8 Å². The molecular formula is C7H3ClN2O2S3. The van der Waals surface area contributed by atoms with Crippen molar-refractivity contribution in [2.24, 2.45) is 0 Å². The highest BCUT2D eigenvalue weighted by molar-refractivity contribution is 8.02. The summed E-state index contributed by atoms with van der Waals surface area (Å²) in [5.74, 6) is -1.02. The summed E-state index contributed by atoms with van der Waals surface area (Å²) in [7, 11) is 0. The van der Waals surface area contributed by atoms with E-state index in [2.05, 4.69) is 9.97 Å². The molecule has 4 nitrogen and oxygen atoms in total. The summed E-state index contributed by atoms with van der Waals surface area (Å²) in [6.07, 6.45) is 0. The summed E-state index contributed by atoms with van der Waals surface area (Å²) in [5, 5.41) is 12.3. The number of nitrogens with zero attached hydrogens (tertiary/aromatic N) is 2. The Hall–Kier alpha value is -0.630. The first-order chi connectivity index (χ1) is 7.15. The molecule has 2 aromatic rings. The van der Waals surface area contributed by atoms with Crippen LogP contribution in [-0.4, -0.2) is 21.0 Å². The molecule has 0 saturated heterocycles. The van der Waals surface area contributed by atoms with Crippen LogP contribution in [0.5, 0.6) is 0 Å². The standard InChI is InChI=1S/C7H3ClN2O2S3/c8-4-2-14-7(10-4)15-6-9-3(1-13-6)5(11)12/h1-2H,(H,11,12). The third kappa shape index (κ3) is 2.69. The quantitative estimate of drug-likeness (QED) is 0.935. The zero-order chi connectivity index (χ0) is 10.8. The summed E-state index contributed by atoms with van der Waals surface area (Å²) in [4.78, 5) is 18.5. The molecule has 0 aliphatic heterocycles. The van der Waals surface area contributed by atoms with Crippen molar-refractivity contribution in [3.63, 3.8) is 0 Å². The Morgan fingerprint density at radius 2 is 2.00 bits per heavy atom. The van der Waals surface area contributed by atoms with Crippen LogP contribution in [0.25, 0.3) is 0 Å². The Bertz CT molecular complexity index is 496. The summed E-state index contributed by atoms with van der Waals surface area (Å²) >= 11 is 9.65. The van der Waals surface area contributed by atoms with Gasteiger partial charge in [0.05, 0.1) is 0 Å². The minimum absolute atomic E-state index is 0.0603. The average molecular weight is 279 g/mol. The van der Waals surface area contributed by atoms with E-state index in [1.165, 1.54) is 39.8 Å². The van der Waals surface area contributed by atoms with E-state index in [1.807, 2.05) is 0 Å². The van der Waals surface area contributed by atoms with Gasteiger partial charge in [-0.15, -0.1) is 22.7 Å². The number of hydrogen-bond donors (Lipinski definition) is 1. The van der Waals surface area contributed by atoms with Crippen molar-refractivity contribution in [2.45, 2.75) is 8.68 Å². The normalized spacial score (nSPS) is 10.5. The second-order valence-electron chi connectivity index (χ2n) is 2.34. The lowest BCUT2D eigenvalue weighted by molar-refractivity contribution is 0.0691. The predicted octanol–water partition coefficient (Wildman–Crippen LogP) is 3.10. The van der Waals surface area contributed by atoms with Crippen molar-refractivity contribution in [1.29, 1.82) is 0 Å². The number of carboxylic acid groups (broad SMARTS) is 1. The zero-order valence-corrected chi connectivity index (χ0v) is 10.2. The van der Waals surface area contributed by atoms with Crippen molar-refractivity contribution in [2.75, 3.05) is 0 Å². The highest BCUT2D eigenvalue weighted by Gasteiger charge is 2.11. The highest BCUT2D eigenvalue weighted by atomic mass is 35.5. The van der Waals surface area contributed by atoms with E-state index in [0.29, 0.717) is 9.49 Å². The molecule has 15 heavy (non-hydrogen) atoms. The summed E-state index contributed by atoms with van der Waals surface area (Å²) in [6, 6.07) is 0. The fourth-order valence-corrected chi connectivity index (χ4v) is 3.74. The van der Waals surface area contributed by atoms with Gasteiger partial charge in [-0.3, -0.25) is 0 Å². The third-order valence-electron chi connectivity index (χ3n) is 1.33. The molecule has 2 rings (SSSR count). The van der Waals surface area contributed by atoms with Gasteiger partial charge in [0.1, 0.15) is 5.15 Å². The van der Waals surface area contributed by atoms with Crippen LogP contribution in [-0.2, 0) is 0 Å². The van der Waals surface area contributed by atoms with Crippen molar-refractivity contribution in [3.05, 3.63) is 21.6 Å². The zero-order valence-electron chi connectivity index (χ0n) is 7.01. The Labute approximate surface area is 102 Å². The van der Waals surface area contributed by atoms with Gasteiger partial charge in [0.25, 0.3) is 0 Å². The molecule has 0 aliphatic rings. The molecule has 0 amide bonds. The molecule has 1 N–H and O–H groups in total. The molecule has 0 fully saturated rings. The number of aromatic carboxylic acids is 1. The maximum Gasteiger partial charge on any atom is 0.355 e. The topological polar surface area (TPSA) is 63.1 Å². The minimum atomic E-state index is -1.02. The molecule has 2 aromatic heterocycles. The number of carbonyl (C=O) groups is 1. The van der Waals surface area contributed by atoms with Gasteiger partial charge in [0.2, 0.25) is 0 Å². The molecule has 2 heterocycles. The van der Waals surface area contributed by atoms with Gasteiger partial charge in [0.15, 0.2) is 14.4 Å². The molecule has 8 heteroatoms. The minimum Gasteiger partial charge on any atom is -0.476 e. The highest BCUT2D eigenvalue weighted by Crippen LogP contribution is 2.33. The van der Waals surface area contributed by atoms with Crippen LogP contribution in [0.2, 0.25) is 5.15 Å². The van der Waals surface area contributed by atoms with Crippen LogP contribution < -0.4 is 0 Å². The number of carboxylic acids is 1. The van der Waals surface area contributed by atoms with Crippen LogP contribution in [0, 0.1) is 0 Å². The fourth-order valence-electron chi connectivity index (χ4n) is 0.763. The van der Waals surface area contributed by atoms with Gasteiger partial charge in [-0.25, -0.2) is 14.8 Å². The molecular weight excluding hydrogens is 276 g/mol. The van der Waals surface area contributed by atoms with Crippen LogP contribution in [0.1, 0.15) is 10.5 Å². The first-order valence-corrected chi connectivity index (χ1v) is 6.58. The molecule has 0 bridgehead atoms. The lowest BCUT2D eigenvalue weighted by atomic mass is 10.5. The first-order valence-electron chi connectivity index (χ1n) is 3.63. The monoisotopic (exact) mass is 278 g/mol. The summed E-state index contributed by atoms with van der Waals surface area (Å²) in [5.41, 5.74) is 0.0603. The third-order valence-corrected chi connectivity index (χ3v) is 4.53. The molecule has 78 valence electrons. The van der Waals surface area contributed by atoms with E-state index in [9.17, 15) is 4.79 Å². The number of halogens is 1. The summed E-state index contributed by atoms with van der Waals surface area (Å²) < 4.78 is 1.41. The van der Waals surface area contributed by atoms with E-state index in [4.69, 9.17) is 16.7 Å². The molecule has 0 aromatic carbocycles. The lowest BCUT2D eigenvalue weighted by Gasteiger charge is -1.88. The lowest BCUT2D eigenvalue weighted by Crippen LogP contribution is -1.95. The Balaban J connectivity index is 2.14. The largest absolute Gasteiger partial charge is 0.476 e. The van der Waals surface area contributed by atoms with Gasteiger partial charge >= 0.3 is 5.97 Å². The maximum atomic E-state index is 10.6. The van der Waals surface area contributed by atoms with Crippen LogP contribution in [0.4, 0.5) is 0 Å². The number of aromatic nitrogens is 2. The predicted molar refractivity (Wildman–Crippen MR) is 60.3 cm³/mol. The van der Waals surface area contributed by atoms with Crippen LogP contribution >= 0.6 is 46.0 Å². The molecule has 0 radical (unpaired) electrons. The fraction of sp³-hybridized carbons (Fsp3) is 0. The van der Waals surface area contributed by atoms with E-state index in [0.717, 1.165) is 4.34 Å². The van der Waals surface area contributed by atoms with E-state index in [-0.39, 0.29) is 5.69 Å². The molecule has 0 spiro atoms. The van der Waals surface area contributed by atoms with Crippen molar-refractivity contribution < 1.29 is 9.90 Å². The Morgan fingerprint density at radius 1 is 1.33 bits per heavy atom. The number of thiazole rings is 2. The summed E-state index contributed by atoms with van der Waals surface area (Å²) in [6.45, 7) is 0. The van der Waals surface area contributed by atoms with Gasteiger partial charge in [-0.05, 0) is 11.8 Å². The Kier molecular flexibility index (Phi) is 3.25. The van der Waals surface area contributed by atoms with Crippen molar-refractivity contribution in [3.8, 4) is 0 Å². The number of hydrogen-bond acceptors (Lipinski definition) is 6. The van der Waals surface area contributed by atoms with Gasteiger partial charge < -0.3 is 5.11 Å². The van der Waals surface area contributed by atoms with E-state index in [1.54, 1.807) is 5.38 Å². The first kappa shape index (κ1) is 10.9. The molecule has 0 aliphatic carbocycles. The average Bonchev–Trinajstić information content (AvgIpc) is 2.76. The SMILES string of the molecule is O=C(O)c1csc(Sc2nc(Cl)cs2)n1.